The van der Waals surface area contributed by atoms with E-state index < -0.39 is 5.92 Å². The van der Waals surface area contributed by atoms with Gasteiger partial charge in [-0.2, -0.15) is 11.8 Å². The molecule has 1 fully saturated rings. The Hall–Kier alpha value is -1.07. The summed E-state index contributed by atoms with van der Waals surface area (Å²) in [5, 5.41) is 3.03. The van der Waals surface area contributed by atoms with Crippen LogP contribution in [-0.2, 0) is 4.79 Å². The number of hydrogen-bond acceptors (Lipinski definition) is 3. The van der Waals surface area contributed by atoms with Crippen LogP contribution in [0.25, 0.3) is 0 Å². The number of hydrogen-bond donors (Lipinski definition) is 2. The average molecular weight is 308 g/mol. The summed E-state index contributed by atoms with van der Waals surface area (Å²) < 4.78 is 0.215. The van der Waals surface area contributed by atoms with Crippen LogP contribution in [0.3, 0.4) is 0 Å². The highest BCUT2D eigenvalue weighted by atomic mass is 32.2. The monoisotopic (exact) mass is 308 g/mol. The molecule has 2 rings (SSSR count). The quantitative estimate of drug-likeness (QED) is 0.793. The van der Waals surface area contributed by atoms with Gasteiger partial charge in [0.25, 0.3) is 0 Å². The minimum atomic E-state index is -0.537. The van der Waals surface area contributed by atoms with Crippen LogP contribution in [0.2, 0.25) is 0 Å². The Morgan fingerprint density at radius 2 is 2.10 bits per heavy atom. The Morgan fingerprint density at radius 3 is 2.55 bits per heavy atom. The minimum absolute atomic E-state index is 0.0935. The van der Waals surface area contributed by atoms with Gasteiger partial charge >= 0.3 is 0 Å². The van der Waals surface area contributed by atoms with Gasteiger partial charge in [-0.15, -0.1) is 0 Å². The van der Waals surface area contributed by atoms with Crippen LogP contribution in [-0.4, -0.2) is 28.4 Å². The predicted molar refractivity (Wildman–Crippen MR) is 89.1 cm³/mol. The number of thioether (sulfide) groups is 1. The van der Waals surface area contributed by atoms with Crippen LogP contribution in [0.4, 0.5) is 0 Å². The molecule has 1 unspecified atom stereocenters. The molecule has 0 bridgehead atoms. The molecule has 0 aromatic heterocycles. The lowest BCUT2D eigenvalue weighted by Gasteiger charge is -2.40. The molecule has 1 amide bonds. The molecule has 5 heteroatoms. The summed E-state index contributed by atoms with van der Waals surface area (Å²) in [6.07, 6.45) is 5.68. The third kappa shape index (κ3) is 3.33. The van der Waals surface area contributed by atoms with E-state index >= 15 is 0 Å². The van der Waals surface area contributed by atoms with Crippen LogP contribution in [0, 0.1) is 0 Å². The minimum Gasteiger partial charge on any atom is -0.392 e. The van der Waals surface area contributed by atoms with Crippen molar-refractivity contribution < 1.29 is 4.79 Å². The Balaban J connectivity index is 2.03. The van der Waals surface area contributed by atoms with Crippen LogP contribution in [0.5, 0.6) is 0 Å². The van der Waals surface area contributed by atoms with Gasteiger partial charge in [-0.05, 0) is 24.7 Å². The van der Waals surface area contributed by atoms with Crippen molar-refractivity contribution in [1.82, 2.24) is 5.32 Å². The summed E-state index contributed by atoms with van der Waals surface area (Å²) in [4.78, 5) is 12.6. The number of thiocarbonyl (C=S) groups is 1. The Morgan fingerprint density at radius 1 is 1.45 bits per heavy atom. The molecule has 3 nitrogen and oxygen atoms in total. The summed E-state index contributed by atoms with van der Waals surface area (Å²) in [7, 11) is 0. The first-order chi connectivity index (χ1) is 9.58. The number of rotatable bonds is 6. The molecule has 0 spiro atoms. The molecule has 1 aliphatic rings. The van der Waals surface area contributed by atoms with Crippen molar-refractivity contribution in [2.75, 3.05) is 12.8 Å². The van der Waals surface area contributed by atoms with Crippen molar-refractivity contribution >= 4 is 34.9 Å². The first kappa shape index (κ1) is 15.3. The smallest absolute Gasteiger partial charge is 0.234 e. The van der Waals surface area contributed by atoms with E-state index in [2.05, 4.69) is 11.6 Å². The van der Waals surface area contributed by atoms with Crippen LogP contribution in [0.1, 0.15) is 30.7 Å². The van der Waals surface area contributed by atoms with Crippen molar-refractivity contribution in [3.8, 4) is 0 Å². The van der Waals surface area contributed by atoms with Gasteiger partial charge in [0.15, 0.2) is 0 Å². The fourth-order valence-electron chi connectivity index (χ4n) is 2.46. The van der Waals surface area contributed by atoms with Crippen molar-refractivity contribution in [3.05, 3.63) is 35.9 Å². The second-order valence-corrected chi connectivity index (χ2v) is 6.95. The van der Waals surface area contributed by atoms with E-state index in [1.54, 1.807) is 0 Å². The predicted octanol–water partition coefficient (Wildman–Crippen LogP) is 2.46. The van der Waals surface area contributed by atoms with E-state index in [9.17, 15) is 4.79 Å². The fraction of sp³-hybridized carbons (Fsp3) is 0.467. The maximum Gasteiger partial charge on any atom is 0.234 e. The molecule has 1 aliphatic carbocycles. The van der Waals surface area contributed by atoms with E-state index in [1.807, 2.05) is 42.1 Å². The summed E-state index contributed by atoms with van der Waals surface area (Å²) in [6.45, 7) is 0.693. The number of nitrogens with one attached hydrogen (secondary N) is 1. The molecule has 108 valence electrons. The molecule has 0 saturated heterocycles. The second-order valence-electron chi connectivity index (χ2n) is 5.20. The second kappa shape index (κ2) is 6.59. The third-order valence-corrected chi connectivity index (χ3v) is 5.62. The molecule has 1 atom stereocenters. The Kier molecular flexibility index (Phi) is 5.05. The fourth-order valence-corrected chi connectivity index (χ4v) is 3.62. The van der Waals surface area contributed by atoms with Crippen LogP contribution < -0.4 is 11.1 Å². The molecular weight excluding hydrogens is 288 g/mol. The summed E-state index contributed by atoms with van der Waals surface area (Å²) in [5.74, 6) is -0.630. The highest BCUT2D eigenvalue weighted by Gasteiger charge is 2.37. The number of amides is 1. The summed E-state index contributed by atoms with van der Waals surface area (Å²) >= 11 is 6.90. The molecule has 0 aliphatic heterocycles. The summed E-state index contributed by atoms with van der Waals surface area (Å²) in [6, 6.07) is 9.47. The van der Waals surface area contributed by atoms with Gasteiger partial charge in [-0.3, -0.25) is 4.79 Å². The van der Waals surface area contributed by atoms with Crippen molar-refractivity contribution in [1.29, 1.82) is 0 Å². The molecule has 1 aromatic rings. The van der Waals surface area contributed by atoms with E-state index in [-0.39, 0.29) is 15.6 Å². The molecule has 20 heavy (non-hydrogen) atoms. The number of carbonyl (C=O) groups is 1. The van der Waals surface area contributed by atoms with Crippen molar-refractivity contribution in [2.24, 2.45) is 5.73 Å². The molecule has 1 saturated carbocycles. The van der Waals surface area contributed by atoms with E-state index in [4.69, 9.17) is 18.0 Å². The van der Waals surface area contributed by atoms with Crippen molar-refractivity contribution in [3.63, 3.8) is 0 Å². The topological polar surface area (TPSA) is 55.1 Å². The third-order valence-electron chi connectivity index (χ3n) is 3.96. The molecule has 3 N–H and O–H groups in total. The highest BCUT2D eigenvalue weighted by Crippen LogP contribution is 2.42. The van der Waals surface area contributed by atoms with Gasteiger partial charge in [0.2, 0.25) is 5.91 Å². The van der Waals surface area contributed by atoms with Crippen LogP contribution >= 0.6 is 24.0 Å². The number of benzene rings is 1. The largest absolute Gasteiger partial charge is 0.392 e. The summed E-state index contributed by atoms with van der Waals surface area (Å²) in [5.41, 5.74) is 6.60. The zero-order valence-corrected chi connectivity index (χ0v) is 13.2. The number of carbonyl (C=O) groups excluding carboxylic acids is 1. The SMILES string of the molecule is CSC1(CNC(=O)C(C(N)=S)c2ccccc2)CCC1. The standard InChI is InChI=1S/C15H20N2OS2/c1-20-15(8-5-9-15)10-17-14(18)12(13(16)19)11-6-3-2-4-7-11/h2-4,6-7,12H,5,8-10H2,1H3,(H2,16,19)(H,17,18). The lowest BCUT2D eigenvalue weighted by Crippen LogP contribution is -2.47. The van der Waals surface area contributed by atoms with Crippen LogP contribution in [0.15, 0.2) is 30.3 Å². The van der Waals surface area contributed by atoms with Gasteiger partial charge < -0.3 is 11.1 Å². The average Bonchev–Trinajstić information content (AvgIpc) is 2.39. The first-order valence-corrected chi connectivity index (χ1v) is 8.38. The van der Waals surface area contributed by atoms with Gasteiger partial charge in [0, 0.05) is 11.3 Å². The Labute approximate surface area is 129 Å². The molecule has 1 aromatic carbocycles. The van der Waals surface area contributed by atoms with Gasteiger partial charge in [-0.25, -0.2) is 0 Å². The van der Waals surface area contributed by atoms with E-state index in [1.165, 1.54) is 6.42 Å². The number of nitrogens with two attached hydrogens (primary N) is 1. The maximum absolute atomic E-state index is 12.4. The zero-order valence-electron chi connectivity index (χ0n) is 11.6. The molecule has 0 radical (unpaired) electrons. The Bertz CT molecular complexity index is 480. The van der Waals surface area contributed by atoms with Gasteiger partial charge in [0.1, 0.15) is 5.92 Å². The lowest BCUT2D eigenvalue weighted by molar-refractivity contribution is -0.121. The van der Waals surface area contributed by atoms with E-state index in [0.29, 0.717) is 6.54 Å². The molecular formula is C15H20N2OS2. The first-order valence-electron chi connectivity index (χ1n) is 6.75. The molecule has 0 heterocycles. The maximum atomic E-state index is 12.4. The normalized spacial score (nSPS) is 17.9. The van der Waals surface area contributed by atoms with E-state index in [0.717, 1.165) is 18.4 Å². The highest BCUT2D eigenvalue weighted by molar-refractivity contribution is 8.00. The zero-order chi connectivity index (χ0) is 14.6. The van der Waals surface area contributed by atoms with Crippen molar-refractivity contribution in [2.45, 2.75) is 29.9 Å². The lowest BCUT2D eigenvalue weighted by atomic mass is 9.84. The van der Waals surface area contributed by atoms with Gasteiger partial charge in [-0.1, -0.05) is 49.0 Å². The van der Waals surface area contributed by atoms with Gasteiger partial charge in [0.05, 0.1) is 4.99 Å².